The Hall–Kier alpha value is -2.22. The highest BCUT2D eigenvalue weighted by molar-refractivity contribution is 5.94. The number of rotatable bonds is 4. The minimum absolute atomic E-state index is 0.0339. The number of ether oxygens (including phenoxy) is 1. The quantitative estimate of drug-likeness (QED) is 0.861. The summed E-state index contributed by atoms with van der Waals surface area (Å²) in [6, 6.07) is 9.94. The SMILES string of the molecule is Cc1cc(C)n(-c2ccc(C(=O)N[C@@H]3COC[C@H]3N3CCN(C)CC3)cc2)n1. The monoisotopic (exact) mass is 383 g/mol. The Kier molecular flexibility index (Phi) is 5.48. The molecule has 2 saturated heterocycles. The lowest BCUT2D eigenvalue weighted by Gasteiger charge is -2.38. The summed E-state index contributed by atoms with van der Waals surface area (Å²) >= 11 is 0. The Balaban J connectivity index is 1.41. The molecule has 28 heavy (non-hydrogen) atoms. The lowest BCUT2D eigenvalue weighted by atomic mass is 10.1. The second-order valence-corrected chi connectivity index (χ2v) is 7.91. The molecule has 0 bridgehead atoms. The lowest BCUT2D eigenvalue weighted by molar-refractivity contribution is 0.0829. The first-order valence-electron chi connectivity index (χ1n) is 9.96. The molecule has 3 heterocycles. The molecule has 2 fully saturated rings. The van der Waals surface area contributed by atoms with Crippen LogP contribution in [-0.2, 0) is 4.74 Å². The van der Waals surface area contributed by atoms with Crippen molar-refractivity contribution in [2.75, 3.05) is 46.4 Å². The number of benzene rings is 1. The predicted octanol–water partition coefficient (Wildman–Crippen LogP) is 1.23. The average Bonchev–Trinajstić information content (AvgIpc) is 3.28. The number of aryl methyl sites for hydroxylation is 2. The number of likely N-dealkylation sites (N-methyl/N-ethyl adjacent to an activating group) is 1. The number of amides is 1. The molecular formula is C21H29N5O2. The first-order valence-corrected chi connectivity index (χ1v) is 9.96. The van der Waals surface area contributed by atoms with Crippen LogP contribution in [0.25, 0.3) is 5.69 Å². The molecule has 2 aliphatic heterocycles. The standard InChI is InChI=1S/C21H29N5O2/c1-15-12-16(2)26(23-15)18-6-4-17(5-7-18)21(27)22-19-13-28-14-20(19)25-10-8-24(3)9-11-25/h4-7,12,19-20H,8-11,13-14H2,1-3H3,(H,22,27)/t19-,20-/m1/s1. The maximum atomic E-state index is 12.8. The van der Waals surface area contributed by atoms with Gasteiger partial charge in [0.25, 0.3) is 5.91 Å². The van der Waals surface area contributed by atoms with Gasteiger partial charge in [0, 0.05) is 37.4 Å². The second kappa shape index (κ2) is 8.03. The number of hydrogen-bond donors (Lipinski definition) is 1. The third kappa shape index (κ3) is 3.97. The van der Waals surface area contributed by atoms with E-state index in [4.69, 9.17) is 4.74 Å². The number of carbonyl (C=O) groups is 1. The van der Waals surface area contributed by atoms with E-state index in [0.29, 0.717) is 18.8 Å². The summed E-state index contributed by atoms with van der Waals surface area (Å²) in [6.07, 6.45) is 0. The van der Waals surface area contributed by atoms with Gasteiger partial charge < -0.3 is 15.0 Å². The topological polar surface area (TPSA) is 62.6 Å². The number of nitrogens with one attached hydrogen (secondary N) is 1. The summed E-state index contributed by atoms with van der Waals surface area (Å²) in [7, 11) is 2.15. The molecule has 2 aromatic rings. The Labute approximate surface area is 166 Å². The summed E-state index contributed by atoms with van der Waals surface area (Å²) in [4.78, 5) is 17.6. The van der Waals surface area contributed by atoms with Gasteiger partial charge in [-0.15, -0.1) is 0 Å². The number of nitrogens with zero attached hydrogens (tertiary/aromatic N) is 4. The number of aromatic nitrogens is 2. The molecule has 4 rings (SSSR count). The molecule has 0 radical (unpaired) electrons. The van der Waals surface area contributed by atoms with Crippen LogP contribution in [-0.4, -0.2) is 84.0 Å². The fraction of sp³-hybridized carbons (Fsp3) is 0.524. The molecule has 7 heteroatoms. The predicted molar refractivity (Wildman–Crippen MR) is 108 cm³/mol. The van der Waals surface area contributed by atoms with E-state index in [2.05, 4.69) is 27.3 Å². The van der Waals surface area contributed by atoms with Crippen LogP contribution < -0.4 is 5.32 Å². The van der Waals surface area contributed by atoms with Gasteiger partial charge in [-0.1, -0.05) is 0 Å². The number of hydrogen-bond acceptors (Lipinski definition) is 5. The van der Waals surface area contributed by atoms with Gasteiger partial charge in [-0.3, -0.25) is 9.69 Å². The van der Waals surface area contributed by atoms with Crippen molar-refractivity contribution in [3.05, 3.63) is 47.3 Å². The minimum Gasteiger partial charge on any atom is -0.378 e. The third-order valence-electron chi connectivity index (χ3n) is 5.76. The maximum Gasteiger partial charge on any atom is 0.251 e. The van der Waals surface area contributed by atoms with Crippen LogP contribution in [0.1, 0.15) is 21.7 Å². The average molecular weight is 383 g/mol. The van der Waals surface area contributed by atoms with Crippen molar-refractivity contribution in [3.63, 3.8) is 0 Å². The van der Waals surface area contributed by atoms with Crippen molar-refractivity contribution in [1.82, 2.24) is 24.9 Å². The van der Waals surface area contributed by atoms with E-state index in [9.17, 15) is 4.79 Å². The highest BCUT2D eigenvalue weighted by atomic mass is 16.5. The zero-order valence-electron chi connectivity index (χ0n) is 16.9. The molecule has 1 aromatic heterocycles. The fourth-order valence-electron chi connectivity index (χ4n) is 4.09. The maximum absolute atomic E-state index is 12.8. The van der Waals surface area contributed by atoms with E-state index in [1.807, 2.05) is 48.9 Å². The van der Waals surface area contributed by atoms with Crippen molar-refractivity contribution >= 4 is 5.91 Å². The van der Waals surface area contributed by atoms with Gasteiger partial charge in [0.05, 0.1) is 36.7 Å². The van der Waals surface area contributed by atoms with E-state index in [1.54, 1.807) is 0 Å². The van der Waals surface area contributed by atoms with Gasteiger partial charge in [-0.25, -0.2) is 4.68 Å². The van der Waals surface area contributed by atoms with E-state index in [0.717, 1.165) is 43.3 Å². The molecule has 2 aliphatic rings. The van der Waals surface area contributed by atoms with Gasteiger partial charge >= 0.3 is 0 Å². The second-order valence-electron chi connectivity index (χ2n) is 7.91. The van der Waals surface area contributed by atoms with Gasteiger partial charge in [0.2, 0.25) is 0 Å². The van der Waals surface area contributed by atoms with Crippen molar-refractivity contribution in [3.8, 4) is 5.69 Å². The first kappa shape index (κ1) is 19.1. The molecule has 0 aliphatic carbocycles. The van der Waals surface area contributed by atoms with E-state index >= 15 is 0 Å². The zero-order chi connectivity index (χ0) is 19.7. The van der Waals surface area contributed by atoms with Crippen LogP contribution in [0.5, 0.6) is 0 Å². The molecule has 1 amide bonds. The van der Waals surface area contributed by atoms with Crippen LogP contribution in [0.2, 0.25) is 0 Å². The molecule has 1 aromatic carbocycles. The smallest absolute Gasteiger partial charge is 0.251 e. The zero-order valence-corrected chi connectivity index (χ0v) is 16.9. The molecular weight excluding hydrogens is 354 g/mol. The normalized spacial score (nSPS) is 23.8. The molecule has 1 N–H and O–H groups in total. The fourth-order valence-corrected chi connectivity index (χ4v) is 4.09. The van der Waals surface area contributed by atoms with E-state index in [1.165, 1.54) is 0 Å². The molecule has 0 saturated carbocycles. The van der Waals surface area contributed by atoms with Gasteiger partial charge in [0.1, 0.15) is 0 Å². The van der Waals surface area contributed by atoms with Gasteiger partial charge in [0.15, 0.2) is 0 Å². The summed E-state index contributed by atoms with van der Waals surface area (Å²) in [5.41, 5.74) is 3.68. The first-order chi connectivity index (χ1) is 13.5. The van der Waals surface area contributed by atoms with Gasteiger partial charge in [-0.2, -0.15) is 5.10 Å². The van der Waals surface area contributed by atoms with Crippen molar-refractivity contribution in [2.45, 2.75) is 25.9 Å². The number of carbonyl (C=O) groups excluding carboxylic acids is 1. The van der Waals surface area contributed by atoms with E-state index < -0.39 is 0 Å². The van der Waals surface area contributed by atoms with Crippen molar-refractivity contribution in [2.24, 2.45) is 0 Å². The van der Waals surface area contributed by atoms with Crippen LogP contribution in [0.3, 0.4) is 0 Å². The molecule has 0 unspecified atom stereocenters. The summed E-state index contributed by atoms with van der Waals surface area (Å²) in [5.74, 6) is -0.0467. The van der Waals surface area contributed by atoms with Crippen LogP contribution in [0, 0.1) is 13.8 Å². The van der Waals surface area contributed by atoms with Crippen LogP contribution in [0.4, 0.5) is 0 Å². The largest absolute Gasteiger partial charge is 0.378 e. The summed E-state index contributed by atoms with van der Waals surface area (Å²) in [6.45, 7) is 9.43. The molecule has 2 atom stereocenters. The van der Waals surface area contributed by atoms with Crippen molar-refractivity contribution in [1.29, 1.82) is 0 Å². The third-order valence-corrected chi connectivity index (χ3v) is 5.76. The minimum atomic E-state index is -0.0467. The number of piperazine rings is 1. The summed E-state index contributed by atoms with van der Waals surface area (Å²) < 4.78 is 7.59. The highest BCUT2D eigenvalue weighted by Crippen LogP contribution is 2.17. The molecule has 0 spiro atoms. The highest BCUT2D eigenvalue weighted by Gasteiger charge is 2.35. The molecule has 150 valence electrons. The van der Waals surface area contributed by atoms with Gasteiger partial charge in [-0.05, 0) is 51.2 Å². The van der Waals surface area contributed by atoms with Crippen LogP contribution >= 0.6 is 0 Å². The Morgan fingerprint density at radius 1 is 1.11 bits per heavy atom. The summed E-state index contributed by atoms with van der Waals surface area (Å²) in [5, 5.41) is 7.68. The Bertz CT molecular complexity index is 824. The van der Waals surface area contributed by atoms with E-state index in [-0.39, 0.29) is 18.0 Å². The van der Waals surface area contributed by atoms with Crippen LogP contribution in [0.15, 0.2) is 30.3 Å². The Morgan fingerprint density at radius 2 is 1.82 bits per heavy atom. The molecule has 7 nitrogen and oxygen atoms in total. The lowest BCUT2D eigenvalue weighted by Crippen LogP contribution is -2.56. The Morgan fingerprint density at radius 3 is 2.46 bits per heavy atom. The van der Waals surface area contributed by atoms with Crippen molar-refractivity contribution < 1.29 is 9.53 Å².